The van der Waals surface area contributed by atoms with Crippen LogP contribution in [0.2, 0.25) is 0 Å². The van der Waals surface area contributed by atoms with Gasteiger partial charge in [0, 0.05) is 44.9 Å². The number of benzene rings is 1. The van der Waals surface area contributed by atoms with E-state index < -0.39 is 0 Å². The first-order valence-electron chi connectivity index (χ1n) is 9.65. The van der Waals surface area contributed by atoms with Gasteiger partial charge in [-0.25, -0.2) is 0 Å². The van der Waals surface area contributed by atoms with Crippen LogP contribution in [0.1, 0.15) is 37.0 Å². The highest BCUT2D eigenvalue weighted by atomic mass is 16.5. The molecule has 1 aromatic carbocycles. The van der Waals surface area contributed by atoms with Gasteiger partial charge in [0.05, 0.1) is 5.92 Å². The molecule has 28 heavy (non-hydrogen) atoms. The van der Waals surface area contributed by atoms with Gasteiger partial charge in [0.2, 0.25) is 11.8 Å². The van der Waals surface area contributed by atoms with Gasteiger partial charge in [-0.2, -0.15) is 0 Å². The first kappa shape index (κ1) is 18.5. The number of pyridine rings is 1. The minimum Gasteiger partial charge on any atom is -0.487 e. The molecule has 2 amide bonds. The molecule has 4 rings (SSSR count). The summed E-state index contributed by atoms with van der Waals surface area (Å²) >= 11 is 0. The Bertz CT molecular complexity index is 895. The van der Waals surface area contributed by atoms with Gasteiger partial charge in [0.25, 0.3) is 0 Å². The minimum atomic E-state index is -0.305. The maximum atomic E-state index is 12.6. The Morgan fingerprint density at radius 1 is 1.32 bits per heavy atom. The zero-order chi connectivity index (χ0) is 19.7. The molecular formula is C22H25N3O3. The lowest BCUT2D eigenvalue weighted by molar-refractivity contribution is -0.129. The van der Waals surface area contributed by atoms with Crippen LogP contribution < -0.4 is 10.1 Å². The van der Waals surface area contributed by atoms with Crippen molar-refractivity contribution < 1.29 is 14.3 Å². The predicted molar refractivity (Wildman–Crippen MR) is 104 cm³/mol. The third-order valence-corrected chi connectivity index (χ3v) is 5.28. The number of aromatic nitrogens is 1. The Balaban J connectivity index is 1.32. The average molecular weight is 379 g/mol. The van der Waals surface area contributed by atoms with Gasteiger partial charge in [-0.3, -0.25) is 14.6 Å². The fourth-order valence-corrected chi connectivity index (χ4v) is 3.92. The van der Waals surface area contributed by atoms with Crippen molar-refractivity contribution >= 4 is 11.8 Å². The van der Waals surface area contributed by atoms with Crippen molar-refractivity contribution in [3.8, 4) is 5.75 Å². The Morgan fingerprint density at radius 2 is 2.18 bits per heavy atom. The van der Waals surface area contributed by atoms with Crippen molar-refractivity contribution in [2.75, 3.05) is 6.54 Å². The van der Waals surface area contributed by atoms with Crippen LogP contribution in [0.4, 0.5) is 0 Å². The Kier molecular flexibility index (Phi) is 4.79. The first-order chi connectivity index (χ1) is 13.4. The van der Waals surface area contributed by atoms with E-state index >= 15 is 0 Å². The summed E-state index contributed by atoms with van der Waals surface area (Å²) in [5, 5.41) is 2.99. The highest BCUT2D eigenvalue weighted by Gasteiger charge is 2.34. The maximum Gasteiger partial charge on any atom is 0.225 e. The Hall–Kier alpha value is -2.89. The van der Waals surface area contributed by atoms with Crippen LogP contribution in [-0.4, -0.2) is 33.8 Å². The third-order valence-electron chi connectivity index (χ3n) is 5.28. The molecule has 6 heteroatoms. The van der Waals surface area contributed by atoms with E-state index in [-0.39, 0.29) is 29.8 Å². The Morgan fingerprint density at radius 3 is 2.96 bits per heavy atom. The van der Waals surface area contributed by atoms with E-state index in [0.29, 0.717) is 19.6 Å². The average Bonchev–Trinajstić information content (AvgIpc) is 3.18. The van der Waals surface area contributed by atoms with Gasteiger partial charge in [0.1, 0.15) is 11.4 Å². The first-order valence-corrected chi connectivity index (χ1v) is 9.65. The Labute approximate surface area is 164 Å². The van der Waals surface area contributed by atoms with Crippen molar-refractivity contribution in [2.24, 2.45) is 5.92 Å². The topological polar surface area (TPSA) is 71.5 Å². The molecule has 3 heterocycles. The van der Waals surface area contributed by atoms with E-state index in [9.17, 15) is 9.59 Å². The number of nitrogens with one attached hydrogen (secondary N) is 1. The molecule has 146 valence electrons. The number of rotatable bonds is 5. The molecule has 1 saturated heterocycles. The van der Waals surface area contributed by atoms with Crippen LogP contribution in [0.5, 0.6) is 5.75 Å². The van der Waals surface area contributed by atoms with E-state index in [1.165, 1.54) is 5.56 Å². The summed E-state index contributed by atoms with van der Waals surface area (Å²) in [5.41, 5.74) is 3.02. The smallest absolute Gasteiger partial charge is 0.225 e. The van der Waals surface area contributed by atoms with Crippen molar-refractivity contribution in [2.45, 2.75) is 45.4 Å². The SMILES string of the molecule is CC1(C)Cc2cc(CNC(=O)[C@H]3CC(=O)N(Cc4cccnc4)C3)ccc2O1. The molecule has 0 bridgehead atoms. The number of amides is 2. The summed E-state index contributed by atoms with van der Waals surface area (Å²) in [4.78, 5) is 30.6. The lowest BCUT2D eigenvalue weighted by Crippen LogP contribution is -2.32. The maximum absolute atomic E-state index is 12.6. The fraction of sp³-hybridized carbons (Fsp3) is 0.409. The number of hydrogen-bond donors (Lipinski definition) is 1. The summed E-state index contributed by atoms with van der Waals surface area (Å²) in [7, 11) is 0. The number of ether oxygens (including phenoxy) is 1. The fourth-order valence-electron chi connectivity index (χ4n) is 3.92. The van der Waals surface area contributed by atoms with E-state index in [1.807, 2.05) is 24.3 Å². The van der Waals surface area contributed by atoms with E-state index in [0.717, 1.165) is 23.3 Å². The number of likely N-dealkylation sites (tertiary alicyclic amines) is 1. The van der Waals surface area contributed by atoms with E-state index in [2.05, 4.69) is 30.2 Å². The van der Waals surface area contributed by atoms with Gasteiger partial charge in [-0.1, -0.05) is 18.2 Å². The number of carbonyl (C=O) groups is 2. The number of nitrogens with zero attached hydrogens (tertiary/aromatic N) is 2. The van der Waals surface area contributed by atoms with Gasteiger partial charge in [-0.05, 0) is 42.7 Å². The zero-order valence-corrected chi connectivity index (χ0v) is 16.3. The second-order valence-electron chi connectivity index (χ2n) is 8.23. The monoisotopic (exact) mass is 379 g/mol. The standard InChI is InChI=1S/C22H25N3O3/c1-22(2)10-17-8-15(5-6-19(17)28-22)12-24-21(27)18-9-20(26)25(14-18)13-16-4-3-7-23-11-16/h3-8,11,18H,9-10,12-14H2,1-2H3,(H,24,27)/t18-/m0/s1. The van der Waals surface area contributed by atoms with Crippen LogP contribution in [0.25, 0.3) is 0 Å². The van der Waals surface area contributed by atoms with Crippen LogP contribution in [0.3, 0.4) is 0 Å². The molecule has 1 fully saturated rings. The van der Waals surface area contributed by atoms with E-state index in [1.54, 1.807) is 17.3 Å². The van der Waals surface area contributed by atoms with Gasteiger partial charge >= 0.3 is 0 Å². The molecule has 0 aliphatic carbocycles. The molecule has 2 aromatic rings. The molecule has 6 nitrogen and oxygen atoms in total. The van der Waals surface area contributed by atoms with Gasteiger partial charge in [-0.15, -0.1) is 0 Å². The molecule has 1 N–H and O–H groups in total. The van der Waals surface area contributed by atoms with Crippen LogP contribution in [-0.2, 0) is 29.1 Å². The van der Waals surface area contributed by atoms with Gasteiger partial charge in [0.15, 0.2) is 0 Å². The van der Waals surface area contributed by atoms with Gasteiger partial charge < -0.3 is 15.0 Å². The molecule has 2 aliphatic rings. The molecule has 1 atom stereocenters. The quantitative estimate of drug-likeness (QED) is 0.866. The van der Waals surface area contributed by atoms with Crippen LogP contribution >= 0.6 is 0 Å². The highest BCUT2D eigenvalue weighted by molar-refractivity contribution is 5.89. The molecule has 2 aliphatic heterocycles. The largest absolute Gasteiger partial charge is 0.487 e. The van der Waals surface area contributed by atoms with Crippen LogP contribution in [0, 0.1) is 5.92 Å². The van der Waals surface area contributed by atoms with E-state index in [4.69, 9.17) is 4.74 Å². The molecule has 0 saturated carbocycles. The summed E-state index contributed by atoms with van der Waals surface area (Å²) in [6.45, 7) is 5.55. The van der Waals surface area contributed by atoms with Crippen molar-refractivity contribution in [1.82, 2.24) is 15.2 Å². The summed E-state index contributed by atoms with van der Waals surface area (Å²) in [5.74, 6) is 0.563. The third kappa shape index (κ3) is 4.01. The van der Waals surface area contributed by atoms with Crippen molar-refractivity contribution in [1.29, 1.82) is 0 Å². The number of fused-ring (bicyclic) bond motifs is 1. The number of carbonyl (C=O) groups excluding carboxylic acids is 2. The number of hydrogen-bond acceptors (Lipinski definition) is 4. The molecular weight excluding hydrogens is 354 g/mol. The van der Waals surface area contributed by atoms with Crippen molar-refractivity contribution in [3.05, 3.63) is 59.4 Å². The van der Waals surface area contributed by atoms with Crippen molar-refractivity contribution in [3.63, 3.8) is 0 Å². The summed E-state index contributed by atoms with van der Waals surface area (Å²) in [6.07, 6.45) is 4.58. The highest BCUT2D eigenvalue weighted by Crippen LogP contribution is 2.35. The lowest BCUT2D eigenvalue weighted by atomic mass is 10.00. The molecule has 0 spiro atoms. The minimum absolute atomic E-state index is 0.0147. The molecule has 0 radical (unpaired) electrons. The second kappa shape index (κ2) is 7.26. The normalized spacial score (nSPS) is 20.0. The molecule has 0 unspecified atom stereocenters. The summed E-state index contributed by atoms with van der Waals surface area (Å²) in [6, 6.07) is 9.84. The lowest BCUT2D eigenvalue weighted by Gasteiger charge is -2.16. The zero-order valence-electron chi connectivity index (χ0n) is 16.3. The second-order valence-corrected chi connectivity index (χ2v) is 8.23. The summed E-state index contributed by atoms with van der Waals surface area (Å²) < 4.78 is 5.89. The molecule has 1 aromatic heterocycles. The predicted octanol–water partition coefficient (Wildman–Crippen LogP) is 2.46. The van der Waals surface area contributed by atoms with Crippen LogP contribution in [0.15, 0.2) is 42.7 Å².